The highest BCUT2D eigenvalue weighted by Gasteiger charge is 2.12. The molecule has 0 saturated heterocycles. The number of para-hydroxylation sites is 1. The first kappa shape index (κ1) is 20.6. The molecule has 0 aliphatic carbocycles. The lowest BCUT2D eigenvalue weighted by Crippen LogP contribution is -2.16. The number of esters is 1. The van der Waals surface area contributed by atoms with Crippen LogP contribution in [-0.4, -0.2) is 41.3 Å². The minimum atomic E-state index is -0.194. The number of anilines is 2. The zero-order valence-electron chi connectivity index (χ0n) is 17.5. The number of rotatable bonds is 8. The van der Waals surface area contributed by atoms with E-state index in [1.165, 1.54) is 0 Å². The number of aromatic nitrogens is 2. The normalized spacial score (nSPS) is 10.9. The highest BCUT2D eigenvalue weighted by molar-refractivity contribution is 5.74. The Balaban J connectivity index is 1.66. The van der Waals surface area contributed by atoms with Gasteiger partial charge in [-0.1, -0.05) is 18.2 Å². The molecule has 0 saturated carbocycles. The minimum Gasteiger partial charge on any atom is -0.426 e. The quantitative estimate of drug-likeness (QED) is 0.452. The van der Waals surface area contributed by atoms with Crippen LogP contribution in [0.3, 0.4) is 0 Å². The van der Waals surface area contributed by atoms with E-state index in [-0.39, 0.29) is 5.97 Å². The second-order valence-corrected chi connectivity index (χ2v) is 7.43. The predicted octanol–water partition coefficient (Wildman–Crippen LogP) is 4.48. The smallest absolute Gasteiger partial charge is 0.311 e. The van der Waals surface area contributed by atoms with Crippen LogP contribution in [0.2, 0.25) is 0 Å². The number of nitrogens with zero attached hydrogens (tertiary/aromatic N) is 3. The molecule has 0 amide bonds. The lowest BCUT2D eigenvalue weighted by molar-refractivity contribution is -0.134. The monoisotopic (exact) mass is 392 g/mol. The number of nitrogens with one attached hydrogen (secondary N) is 1. The molecule has 0 aliphatic heterocycles. The molecule has 0 aliphatic rings. The van der Waals surface area contributed by atoms with Crippen molar-refractivity contribution >= 4 is 17.5 Å². The van der Waals surface area contributed by atoms with Crippen molar-refractivity contribution in [2.45, 2.75) is 26.7 Å². The molecule has 0 unspecified atom stereocenters. The molecule has 3 rings (SSSR count). The molecule has 1 aromatic heterocycles. The third-order valence-corrected chi connectivity index (χ3v) is 4.54. The lowest BCUT2D eigenvalue weighted by atomic mass is 10.1. The molecule has 6 heteroatoms. The van der Waals surface area contributed by atoms with Crippen molar-refractivity contribution in [1.82, 2.24) is 14.7 Å². The molecule has 6 nitrogen and oxygen atoms in total. The minimum absolute atomic E-state index is 0.194. The number of benzene rings is 2. The third-order valence-electron chi connectivity index (χ3n) is 4.54. The van der Waals surface area contributed by atoms with Gasteiger partial charge in [0.15, 0.2) is 5.82 Å². The Morgan fingerprint density at radius 1 is 1.10 bits per heavy atom. The van der Waals surface area contributed by atoms with Gasteiger partial charge < -0.3 is 15.0 Å². The van der Waals surface area contributed by atoms with Crippen LogP contribution in [-0.2, 0) is 4.79 Å². The van der Waals surface area contributed by atoms with Crippen molar-refractivity contribution in [3.8, 4) is 11.4 Å². The van der Waals surface area contributed by atoms with Crippen LogP contribution in [0.25, 0.3) is 5.69 Å². The first-order chi connectivity index (χ1) is 13.9. The van der Waals surface area contributed by atoms with Crippen molar-refractivity contribution < 1.29 is 9.53 Å². The summed E-state index contributed by atoms with van der Waals surface area (Å²) in [5, 5.41) is 7.90. The Bertz CT molecular complexity index is 941. The van der Waals surface area contributed by atoms with E-state index in [1.54, 1.807) is 0 Å². The maximum absolute atomic E-state index is 12.1. The SMILES string of the molecule is Cc1cc(Nc2ccn(-c3ccccc3)n2)cc(C)c1OC(=O)CCCN(C)C. The van der Waals surface area contributed by atoms with Crippen LogP contribution in [0.5, 0.6) is 5.75 Å². The van der Waals surface area contributed by atoms with Gasteiger partial charge in [-0.2, -0.15) is 5.10 Å². The summed E-state index contributed by atoms with van der Waals surface area (Å²) in [6, 6.07) is 15.8. The van der Waals surface area contributed by atoms with Gasteiger partial charge in [0.2, 0.25) is 0 Å². The topological polar surface area (TPSA) is 59.4 Å². The van der Waals surface area contributed by atoms with Crippen molar-refractivity contribution in [2.24, 2.45) is 0 Å². The van der Waals surface area contributed by atoms with E-state index in [2.05, 4.69) is 15.3 Å². The van der Waals surface area contributed by atoms with Gasteiger partial charge in [0.05, 0.1) is 5.69 Å². The molecular formula is C23H28N4O2. The van der Waals surface area contributed by atoms with Gasteiger partial charge in [0.1, 0.15) is 5.75 Å². The van der Waals surface area contributed by atoms with Gasteiger partial charge in [-0.25, -0.2) is 4.68 Å². The first-order valence-corrected chi connectivity index (χ1v) is 9.77. The molecular weight excluding hydrogens is 364 g/mol. The van der Waals surface area contributed by atoms with Crippen molar-refractivity contribution in [2.75, 3.05) is 26.0 Å². The fourth-order valence-corrected chi connectivity index (χ4v) is 3.15. The van der Waals surface area contributed by atoms with Gasteiger partial charge >= 0.3 is 5.97 Å². The molecule has 0 atom stereocenters. The van der Waals surface area contributed by atoms with Gasteiger partial charge in [-0.3, -0.25) is 4.79 Å². The molecule has 0 spiro atoms. The summed E-state index contributed by atoms with van der Waals surface area (Å²) in [5.74, 6) is 1.20. The highest BCUT2D eigenvalue weighted by atomic mass is 16.5. The average Bonchev–Trinajstić information content (AvgIpc) is 3.13. The fraction of sp³-hybridized carbons (Fsp3) is 0.304. The van der Waals surface area contributed by atoms with E-state index in [0.29, 0.717) is 12.2 Å². The maximum Gasteiger partial charge on any atom is 0.311 e. The van der Waals surface area contributed by atoms with Gasteiger partial charge in [0, 0.05) is 24.4 Å². The fourth-order valence-electron chi connectivity index (χ4n) is 3.15. The average molecular weight is 393 g/mol. The maximum atomic E-state index is 12.1. The van der Waals surface area contributed by atoms with E-state index < -0.39 is 0 Å². The molecule has 0 bridgehead atoms. The molecule has 1 N–H and O–H groups in total. The van der Waals surface area contributed by atoms with Crippen LogP contribution in [0.1, 0.15) is 24.0 Å². The molecule has 29 heavy (non-hydrogen) atoms. The van der Waals surface area contributed by atoms with Gasteiger partial charge in [-0.15, -0.1) is 0 Å². The van der Waals surface area contributed by atoms with Crippen molar-refractivity contribution in [3.63, 3.8) is 0 Å². The number of hydrogen-bond donors (Lipinski definition) is 1. The summed E-state index contributed by atoms with van der Waals surface area (Å²) in [6.45, 7) is 4.76. The lowest BCUT2D eigenvalue weighted by Gasteiger charge is -2.14. The van der Waals surface area contributed by atoms with E-state index in [9.17, 15) is 4.79 Å². The number of carbonyl (C=O) groups excluding carboxylic acids is 1. The molecule has 2 aromatic carbocycles. The summed E-state index contributed by atoms with van der Waals surface area (Å²) in [5.41, 5.74) is 3.74. The molecule has 152 valence electrons. The standard InChI is InChI=1S/C23H28N4O2/c1-17-15-19(16-18(2)23(17)29-22(28)11-8-13-26(3)4)24-21-12-14-27(25-21)20-9-6-5-7-10-20/h5-7,9-10,12,14-16H,8,11,13H2,1-4H3,(H,24,25). The van der Waals surface area contributed by atoms with Crippen LogP contribution >= 0.6 is 0 Å². The third kappa shape index (κ3) is 5.68. The number of carbonyl (C=O) groups is 1. The van der Waals surface area contributed by atoms with Crippen molar-refractivity contribution in [3.05, 3.63) is 65.9 Å². The number of aryl methyl sites for hydroxylation is 2. The van der Waals surface area contributed by atoms with Gasteiger partial charge in [0.25, 0.3) is 0 Å². The second kappa shape index (κ2) is 9.39. The number of hydrogen-bond acceptors (Lipinski definition) is 5. The summed E-state index contributed by atoms with van der Waals surface area (Å²) in [6.07, 6.45) is 3.11. The highest BCUT2D eigenvalue weighted by Crippen LogP contribution is 2.29. The second-order valence-electron chi connectivity index (χ2n) is 7.43. The van der Waals surface area contributed by atoms with E-state index >= 15 is 0 Å². The first-order valence-electron chi connectivity index (χ1n) is 9.77. The van der Waals surface area contributed by atoms with Crippen LogP contribution in [0, 0.1) is 13.8 Å². The molecule has 3 aromatic rings. The number of ether oxygens (including phenoxy) is 1. The van der Waals surface area contributed by atoms with E-state index in [1.807, 2.05) is 87.4 Å². The summed E-state index contributed by atoms with van der Waals surface area (Å²) >= 11 is 0. The van der Waals surface area contributed by atoms with Crippen LogP contribution in [0.15, 0.2) is 54.7 Å². The Morgan fingerprint density at radius 3 is 2.45 bits per heavy atom. The summed E-state index contributed by atoms with van der Waals surface area (Å²) in [7, 11) is 3.99. The largest absolute Gasteiger partial charge is 0.426 e. The Morgan fingerprint density at radius 2 is 1.79 bits per heavy atom. The molecule has 0 radical (unpaired) electrons. The van der Waals surface area contributed by atoms with E-state index in [4.69, 9.17) is 4.74 Å². The Kier molecular flexibility index (Phi) is 6.67. The van der Waals surface area contributed by atoms with Crippen LogP contribution in [0.4, 0.5) is 11.5 Å². The van der Waals surface area contributed by atoms with Crippen LogP contribution < -0.4 is 10.1 Å². The summed E-state index contributed by atoms with van der Waals surface area (Å²) < 4.78 is 7.45. The molecule has 0 fully saturated rings. The zero-order chi connectivity index (χ0) is 20.8. The zero-order valence-corrected chi connectivity index (χ0v) is 17.5. The Hall–Kier alpha value is -3.12. The van der Waals surface area contributed by atoms with Crippen molar-refractivity contribution in [1.29, 1.82) is 0 Å². The summed E-state index contributed by atoms with van der Waals surface area (Å²) in [4.78, 5) is 14.2. The van der Waals surface area contributed by atoms with E-state index in [0.717, 1.165) is 41.3 Å². The van der Waals surface area contributed by atoms with Gasteiger partial charge in [-0.05, 0) is 76.3 Å². The Labute approximate surface area is 172 Å². The molecule has 1 heterocycles. The predicted molar refractivity (Wildman–Crippen MR) is 116 cm³/mol.